The van der Waals surface area contributed by atoms with Crippen LogP contribution >= 0.6 is 0 Å². The Balaban J connectivity index is 1.97. The van der Waals surface area contributed by atoms with Crippen molar-refractivity contribution in [3.63, 3.8) is 0 Å². The number of carbonyl (C=O) groups excluding carboxylic acids is 1. The highest BCUT2D eigenvalue weighted by molar-refractivity contribution is 6.07. The molecule has 0 aliphatic heterocycles. The minimum absolute atomic E-state index is 0.118. The van der Waals surface area contributed by atoms with Crippen molar-refractivity contribution < 1.29 is 4.79 Å². The van der Waals surface area contributed by atoms with Crippen LogP contribution in [0.2, 0.25) is 0 Å². The van der Waals surface area contributed by atoms with Gasteiger partial charge in [-0.15, -0.1) is 5.10 Å². The molecule has 3 aromatic rings. The number of hydrogen-bond donors (Lipinski definition) is 0. The van der Waals surface area contributed by atoms with Gasteiger partial charge in [-0.2, -0.15) is 0 Å². The van der Waals surface area contributed by atoms with Gasteiger partial charge < -0.3 is 0 Å². The Kier molecular flexibility index (Phi) is 3.36. The van der Waals surface area contributed by atoms with Crippen LogP contribution in [0.1, 0.15) is 27.2 Å². The van der Waals surface area contributed by atoms with E-state index in [1.807, 2.05) is 50.2 Å². The number of nitrogens with zero attached hydrogens (tertiary/aromatic N) is 3. The van der Waals surface area contributed by atoms with Gasteiger partial charge in [0.25, 0.3) is 0 Å². The van der Waals surface area contributed by atoms with Gasteiger partial charge in [0.2, 0.25) is 5.78 Å². The highest BCUT2D eigenvalue weighted by atomic mass is 16.1. The number of carbonyl (C=O) groups is 1. The van der Waals surface area contributed by atoms with Crippen LogP contribution < -0.4 is 0 Å². The zero-order chi connectivity index (χ0) is 14.8. The summed E-state index contributed by atoms with van der Waals surface area (Å²) in [5.41, 5.74) is 4.13. The molecule has 0 aliphatic rings. The summed E-state index contributed by atoms with van der Waals surface area (Å²) in [5.74, 6) is -0.118. The molecule has 0 aliphatic carbocycles. The lowest BCUT2D eigenvalue weighted by Crippen LogP contribution is -2.01. The number of hydrogen-bond acceptors (Lipinski definition) is 3. The fourth-order valence-corrected chi connectivity index (χ4v) is 2.19. The summed E-state index contributed by atoms with van der Waals surface area (Å²) in [6.45, 7) is 4.03. The average molecular weight is 277 g/mol. The maximum atomic E-state index is 12.3. The van der Waals surface area contributed by atoms with E-state index in [1.165, 1.54) is 0 Å². The van der Waals surface area contributed by atoms with Crippen molar-refractivity contribution in [3.05, 3.63) is 77.1 Å². The number of benzene rings is 2. The molecule has 1 aromatic heterocycles. The first kappa shape index (κ1) is 13.2. The quantitative estimate of drug-likeness (QED) is 0.691. The van der Waals surface area contributed by atoms with Crippen LogP contribution in [-0.2, 0) is 0 Å². The maximum absolute atomic E-state index is 12.3. The molecule has 0 spiro atoms. The molecule has 0 radical (unpaired) electrons. The molecule has 0 fully saturated rings. The number of rotatable bonds is 3. The zero-order valence-electron chi connectivity index (χ0n) is 11.9. The Morgan fingerprint density at radius 3 is 2.57 bits per heavy atom. The molecule has 104 valence electrons. The summed E-state index contributed by atoms with van der Waals surface area (Å²) in [4.78, 5) is 12.3. The van der Waals surface area contributed by atoms with E-state index in [1.54, 1.807) is 23.0 Å². The van der Waals surface area contributed by atoms with Gasteiger partial charge in [0, 0.05) is 5.56 Å². The SMILES string of the molecule is Cc1ccc(C)c(-n2cc(C(=O)c3ccccc3)nn2)c1. The molecule has 0 unspecified atom stereocenters. The second kappa shape index (κ2) is 5.32. The van der Waals surface area contributed by atoms with Gasteiger partial charge in [0.05, 0.1) is 11.9 Å². The Morgan fingerprint density at radius 2 is 1.81 bits per heavy atom. The monoisotopic (exact) mass is 277 g/mol. The van der Waals surface area contributed by atoms with Crippen LogP contribution in [0.3, 0.4) is 0 Å². The van der Waals surface area contributed by atoms with Crippen LogP contribution in [-0.4, -0.2) is 20.8 Å². The highest BCUT2D eigenvalue weighted by Gasteiger charge is 2.14. The third kappa shape index (κ3) is 2.60. The summed E-state index contributed by atoms with van der Waals surface area (Å²) in [5, 5.41) is 8.08. The molecule has 0 saturated heterocycles. The normalized spacial score (nSPS) is 10.6. The molecule has 4 heteroatoms. The molecule has 0 amide bonds. The molecule has 0 atom stereocenters. The third-order valence-electron chi connectivity index (χ3n) is 3.37. The third-order valence-corrected chi connectivity index (χ3v) is 3.37. The van der Waals surface area contributed by atoms with Gasteiger partial charge in [-0.1, -0.05) is 47.7 Å². The number of aryl methyl sites for hydroxylation is 2. The van der Waals surface area contributed by atoms with Gasteiger partial charge >= 0.3 is 0 Å². The van der Waals surface area contributed by atoms with E-state index in [0.717, 1.165) is 16.8 Å². The van der Waals surface area contributed by atoms with Crippen LogP contribution in [0, 0.1) is 13.8 Å². The molecule has 3 rings (SSSR count). The fourth-order valence-electron chi connectivity index (χ4n) is 2.19. The number of ketones is 1. The first-order valence-electron chi connectivity index (χ1n) is 6.75. The van der Waals surface area contributed by atoms with Crippen LogP contribution in [0.5, 0.6) is 0 Å². The van der Waals surface area contributed by atoms with Crippen LogP contribution in [0.25, 0.3) is 5.69 Å². The van der Waals surface area contributed by atoms with Crippen LogP contribution in [0.15, 0.2) is 54.7 Å². The van der Waals surface area contributed by atoms with E-state index < -0.39 is 0 Å². The van der Waals surface area contributed by atoms with Gasteiger partial charge in [0.1, 0.15) is 0 Å². The maximum Gasteiger partial charge on any atom is 0.214 e. The second-order valence-corrected chi connectivity index (χ2v) is 5.03. The second-order valence-electron chi connectivity index (χ2n) is 5.03. The minimum Gasteiger partial charge on any atom is -0.287 e. The molecule has 0 bridgehead atoms. The van der Waals surface area contributed by atoms with Gasteiger partial charge in [-0.25, -0.2) is 4.68 Å². The Morgan fingerprint density at radius 1 is 1.05 bits per heavy atom. The fraction of sp³-hybridized carbons (Fsp3) is 0.118. The first-order valence-corrected chi connectivity index (χ1v) is 6.75. The van der Waals surface area contributed by atoms with E-state index >= 15 is 0 Å². The molecule has 1 heterocycles. The average Bonchev–Trinajstić information content (AvgIpc) is 2.99. The molecular weight excluding hydrogens is 262 g/mol. The Bertz CT molecular complexity index is 791. The zero-order valence-corrected chi connectivity index (χ0v) is 11.9. The lowest BCUT2D eigenvalue weighted by molar-refractivity contribution is 0.103. The van der Waals surface area contributed by atoms with E-state index in [9.17, 15) is 4.79 Å². The smallest absolute Gasteiger partial charge is 0.214 e. The van der Waals surface area contributed by atoms with Crippen molar-refractivity contribution in [2.45, 2.75) is 13.8 Å². The van der Waals surface area contributed by atoms with Crippen molar-refractivity contribution >= 4 is 5.78 Å². The lowest BCUT2D eigenvalue weighted by Gasteiger charge is -2.05. The molecule has 2 aromatic carbocycles. The van der Waals surface area contributed by atoms with Crippen molar-refractivity contribution in [3.8, 4) is 5.69 Å². The summed E-state index contributed by atoms with van der Waals surface area (Å²) in [6.07, 6.45) is 1.68. The van der Waals surface area contributed by atoms with Gasteiger partial charge in [-0.05, 0) is 31.0 Å². The predicted octanol–water partition coefficient (Wildman–Crippen LogP) is 3.12. The molecule has 21 heavy (non-hydrogen) atoms. The number of aromatic nitrogens is 3. The summed E-state index contributed by atoms with van der Waals surface area (Å²) in [7, 11) is 0. The Labute approximate surface area is 123 Å². The standard InChI is InChI=1S/C17H15N3O/c1-12-8-9-13(2)16(10-12)20-11-15(18-19-20)17(21)14-6-4-3-5-7-14/h3-11H,1-2H3. The van der Waals surface area contributed by atoms with E-state index in [0.29, 0.717) is 11.3 Å². The largest absolute Gasteiger partial charge is 0.287 e. The minimum atomic E-state index is -0.118. The first-order chi connectivity index (χ1) is 10.1. The van der Waals surface area contributed by atoms with Crippen molar-refractivity contribution in [1.29, 1.82) is 0 Å². The predicted molar refractivity (Wildman–Crippen MR) is 80.7 cm³/mol. The summed E-state index contributed by atoms with van der Waals surface area (Å²) < 4.78 is 1.65. The Hall–Kier alpha value is -2.75. The molecule has 0 N–H and O–H groups in total. The van der Waals surface area contributed by atoms with E-state index in [4.69, 9.17) is 0 Å². The van der Waals surface area contributed by atoms with Crippen molar-refractivity contribution in [2.24, 2.45) is 0 Å². The lowest BCUT2D eigenvalue weighted by atomic mass is 10.1. The summed E-state index contributed by atoms with van der Waals surface area (Å²) in [6, 6.07) is 15.2. The molecular formula is C17H15N3O. The van der Waals surface area contributed by atoms with Crippen LogP contribution in [0.4, 0.5) is 0 Å². The topological polar surface area (TPSA) is 47.8 Å². The van der Waals surface area contributed by atoms with Gasteiger partial charge in [0.15, 0.2) is 5.69 Å². The van der Waals surface area contributed by atoms with Gasteiger partial charge in [-0.3, -0.25) is 4.79 Å². The highest BCUT2D eigenvalue weighted by Crippen LogP contribution is 2.16. The summed E-state index contributed by atoms with van der Waals surface area (Å²) >= 11 is 0. The molecule has 4 nitrogen and oxygen atoms in total. The van der Waals surface area contributed by atoms with Crippen molar-refractivity contribution in [1.82, 2.24) is 15.0 Å². The van der Waals surface area contributed by atoms with E-state index in [-0.39, 0.29) is 5.78 Å². The van der Waals surface area contributed by atoms with Crippen molar-refractivity contribution in [2.75, 3.05) is 0 Å². The van der Waals surface area contributed by atoms with E-state index in [2.05, 4.69) is 10.3 Å². The molecule has 0 saturated carbocycles.